The van der Waals surface area contributed by atoms with Crippen molar-refractivity contribution < 1.29 is 9.90 Å². The number of benzene rings is 1. The maximum atomic E-state index is 11.6. The van der Waals surface area contributed by atoms with Crippen LogP contribution in [0, 0.1) is 0 Å². The molecule has 0 fully saturated rings. The molecule has 0 aliphatic carbocycles. The zero-order valence-electron chi connectivity index (χ0n) is 8.89. The number of aliphatic hydroxyl groups is 1. The standard InChI is InChI=1S/C12H14N2O2/c15-7-3-6-13-8-10-9-4-1-2-5-11(9)14-12(10)16/h1-2,4-5,8,10,15H,3,6-7H2,(H,14,16)/t10-/m1/s1. The fourth-order valence-electron chi connectivity index (χ4n) is 1.72. The molecule has 2 N–H and O–H groups in total. The van der Waals surface area contributed by atoms with Crippen molar-refractivity contribution in [2.45, 2.75) is 12.3 Å². The van der Waals surface area contributed by atoms with Gasteiger partial charge in [-0.15, -0.1) is 0 Å². The molecule has 0 aromatic heterocycles. The smallest absolute Gasteiger partial charge is 0.237 e. The fourth-order valence-corrected chi connectivity index (χ4v) is 1.72. The van der Waals surface area contributed by atoms with E-state index in [1.165, 1.54) is 0 Å². The van der Waals surface area contributed by atoms with Crippen LogP contribution in [0.1, 0.15) is 17.9 Å². The second-order valence-corrected chi connectivity index (χ2v) is 3.69. The summed E-state index contributed by atoms with van der Waals surface area (Å²) in [5.74, 6) is -0.316. The highest BCUT2D eigenvalue weighted by Crippen LogP contribution is 2.30. The molecule has 1 aromatic rings. The van der Waals surface area contributed by atoms with Crippen molar-refractivity contribution >= 4 is 17.8 Å². The van der Waals surface area contributed by atoms with Crippen LogP contribution in [0.2, 0.25) is 0 Å². The van der Waals surface area contributed by atoms with Gasteiger partial charge in [0.15, 0.2) is 0 Å². The van der Waals surface area contributed by atoms with E-state index in [4.69, 9.17) is 5.11 Å². The van der Waals surface area contributed by atoms with Crippen molar-refractivity contribution in [1.29, 1.82) is 0 Å². The van der Waals surface area contributed by atoms with Crippen molar-refractivity contribution in [3.63, 3.8) is 0 Å². The number of para-hydroxylation sites is 1. The highest BCUT2D eigenvalue weighted by atomic mass is 16.3. The summed E-state index contributed by atoms with van der Waals surface area (Å²) in [5.41, 5.74) is 1.84. The quantitative estimate of drug-likeness (QED) is 0.588. The van der Waals surface area contributed by atoms with Gasteiger partial charge in [-0.2, -0.15) is 0 Å². The molecule has 0 saturated carbocycles. The van der Waals surface area contributed by atoms with Crippen molar-refractivity contribution in [3.8, 4) is 0 Å². The lowest BCUT2D eigenvalue weighted by atomic mass is 10.0. The van der Waals surface area contributed by atoms with Gasteiger partial charge < -0.3 is 10.4 Å². The van der Waals surface area contributed by atoms with Crippen LogP contribution in [0.25, 0.3) is 0 Å². The van der Waals surface area contributed by atoms with Crippen molar-refractivity contribution in [2.75, 3.05) is 18.5 Å². The lowest BCUT2D eigenvalue weighted by Gasteiger charge is -2.00. The predicted octanol–water partition coefficient (Wildman–Crippen LogP) is 1.18. The van der Waals surface area contributed by atoms with E-state index in [0.29, 0.717) is 13.0 Å². The van der Waals surface area contributed by atoms with Gasteiger partial charge in [0, 0.05) is 25.1 Å². The Kier molecular flexibility index (Phi) is 3.31. The molecule has 0 spiro atoms. The molecule has 1 amide bonds. The maximum Gasteiger partial charge on any atom is 0.237 e. The Labute approximate surface area is 94.0 Å². The topological polar surface area (TPSA) is 61.7 Å². The zero-order chi connectivity index (χ0) is 11.4. The second-order valence-electron chi connectivity index (χ2n) is 3.69. The number of anilines is 1. The Morgan fingerprint density at radius 2 is 2.25 bits per heavy atom. The molecule has 0 saturated heterocycles. The Hall–Kier alpha value is -1.68. The molecule has 1 atom stereocenters. The third-order valence-electron chi connectivity index (χ3n) is 2.54. The number of nitrogens with zero attached hydrogens (tertiary/aromatic N) is 1. The van der Waals surface area contributed by atoms with Crippen molar-refractivity contribution in [1.82, 2.24) is 0 Å². The van der Waals surface area contributed by atoms with Crippen LogP contribution in [0.4, 0.5) is 5.69 Å². The number of aliphatic hydroxyl groups excluding tert-OH is 1. The average Bonchev–Trinajstić information content (AvgIpc) is 2.61. The first kappa shape index (κ1) is 10.8. The fraction of sp³-hybridized carbons (Fsp3) is 0.333. The van der Waals surface area contributed by atoms with Crippen LogP contribution in [0.5, 0.6) is 0 Å². The maximum absolute atomic E-state index is 11.6. The summed E-state index contributed by atoms with van der Waals surface area (Å²) in [6.45, 7) is 0.688. The van der Waals surface area contributed by atoms with Crippen LogP contribution in [0.15, 0.2) is 29.3 Å². The van der Waals surface area contributed by atoms with Gasteiger partial charge in [0.2, 0.25) is 5.91 Å². The molecule has 1 heterocycles. The van der Waals surface area contributed by atoms with Crippen LogP contribution in [-0.2, 0) is 4.79 Å². The van der Waals surface area contributed by atoms with Gasteiger partial charge in [0.05, 0.1) is 0 Å². The molecule has 1 aliphatic heterocycles. The summed E-state index contributed by atoms with van der Waals surface area (Å²) >= 11 is 0. The van der Waals surface area contributed by atoms with Crippen molar-refractivity contribution in [2.24, 2.45) is 4.99 Å². The molecule has 84 valence electrons. The minimum absolute atomic E-state index is 0.0334. The molecule has 4 nitrogen and oxygen atoms in total. The number of amides is 1. The minimum Gasteiger partial charge on any atom is -0.396 e. The number of carbonyl (C=O) groups is 1. The molecular formula is C12H14N2O2. The zero-order valence-corrected chi connectivity index (χ0v) is 8.89. The molecule has 0 radical (unpaired) electrons. The van der Waals surface area contributed by atoms with Crippen LogP contribution >= 0.6 is 0 Å². The first-order chi connectivity index (χ1) is 7.83. The van der Waals surface area contributed by atoms with E-state index in [0.717, 1.165) is 11.3 Å². The van der Waals surface area contributed by atoms with Crippen LogP contribution in [-0.4, -0.2) is 30.4 Å². The van der Waals surface area contributed by atoms with Crippen LogP contribution in [0.3, 0.4) is 0 Å². The highest BCUT2D eigenvalue weighted by Gasteiger charge is 2.28. The number of nitrogens with one attached hydrogen (secondary N) is 1. The molecule has 1 aliphatic rings. The Morgan fingerprint density at radius 1 is 1.44 bits per heavy atom. The third kappa shape index (κ3) is 2.12. The first-order valence-electron chi connectivity index (χ1n) is 5.33. The normalized spacial score (nSPS) is 18.8. The van der Waals surface area contributed by atoms with Gasteiger partial charge >= 0.3 is 0 Å². The van der Waals surface area contributed by atoms with Crippen LogP contribution < -0.4 is 5.32 Å². The van der Waals surface area contributed by atoms with Gasteiger partial charge in [-0.3, -0.25) is 9.79 Å². The highest BCUT2D eigenvalue weighted by molar-refractivity contribution is 6.12. The lowest BCUT2D eigenvalue weighted by Crippen LogP contribution is -2.13. The van der Waals surface area contributed by atoms with E-state index in [-0.39, 0.29) is 18.4 Å². The summed E-state index contributed by atoms with van der Waals surface area (Å²) < 4.78 is 0. The summed E-state index contributed by atoms with van der Waals surface area (Å²) in [4.78, 5) is 15.8. The molecule has 1 aromatic carbocycles. The Bertz CT molecular complexity index is 415. The number of hydrogen-bond acceptors (Lipinski definition) is 3. The van der Waals surface area contributed by atoms with Gasteiger partial charge in [0.1, 0.15) is 5.92 Å². The summed E-state index contributed by atoms with van der Waals surface area (Å²) in [6.07, 6.45) is 2.29. The van der Waals surface area contributed by atoms with Gasteiger partial charge in [0.25, 0.3) is 0 Å². The largest absolute Gasteiger partial charge is 0.396 e. The Morgan fingerprint density at radius 3 is 3.06 bits per heavy atom. The molecular weight excluding hydrogens is 204 g/mol. The molecule has 0 unspecified atom stereocenters. The minimum atomic E-state index is -0.283. The lowest BCUT2D eigenvalue weighted by molar-refractivity contribution is -0.115. The molecule has 4 heteroatoms. The summed E-state index contributed by atoms with van der Waals surface area (Å²) in [5, 5.41) is 11.4. The average molecular weight is 218 g/mol. The number of hydrogen-bond donors (Lipinski definition) is 2. The van der Waals surface area contributed by atoms with E-state index in [1.807, 2.05) is 24.3 Å². The summed E-state index contributed by atoms with van der Waals surface area (Å²) in [6, 6.07) is 7.61. The van der Waals surface area contributed by atoms with Gasteiger partial charge in [-0.25, -0.2) is 0 Å². The van der Waals surface area contributed by atoms with Gasteiger partial charge in [-0.1, -0.05) is 18.2 Å². The molecule has 2 rings (SSSR count). The monoisotopic (exact) mass is 218 g/mol. The first-order valence-corrected chi connectivity index (χ1v) is 5.33. The number of fused-ring (bicyclic) bond motifs is 1. The van der Waals surface area contributed by atoms with Crippen molar-refractivity contribution in [3.05, 3.63) is 29.8 Å². The molecule has 0 bridgehead atoms. The van der Waals surface area contributed by atoms with E-state index in [9.17, 15) is 4.79 Å². The van der Waals surface area contributed by atoms with E-state index in [1.54, 1.807) is 6.21 Å². The number of aliphatic imine (C=N–C) groups is 1. The van der Waals surface area contributed by atoms with Gasteiger partial charge in [-0.05, 0) is 18.1 Å². The van der Waals surface area contributed by atoms with E-state index in [2.05, 4.69) is 10.3 Å². The predicted molar refractivity (Wildman–Crippen MR) is 62.9 cm³/mol. The van der Waals surface area contributed by atoms with E-state index < -0.39 is 0 Å². The van der Waals surface area contributed by atoms with E-state index >= 15 is 0 Å². The second kappa shape index (κ2) is 4.90. The number of carbonyl (C=O) groups excluding carboxylic acids is 1. The molecule has 16 heavy (non-hydrogen) atoms. The third-order valence-corrected chi connectivity index (χ3v) is 2.54. The SMILES string of the molecule is O=C1Nc2ccccc2[C@H]1C=NCCCO. The Balaban J connectivity index is 2.10. The summed E-state index contributed by atoms with van der Waals surface area (Å²) in [7, 11) is 0. The number of rotatable bonds is 4.